The third-order valence-electron chi connectivity index (χ3n) is 4.68. The van der Waals surface area contributed by atoms with Crippen molar-refractivity contribution in [2.75, 3.05) is 31.6 Å². The lowest BCUT2D eigenvalue weighted by Crippen LogP contribution is -2.29. The fourth-order valence-corrected chi connectivity index (χ4v) is 4.15. The SMILES string of the molecule is COc1ccccc1N(C)S(=O)(=O)c1ccc(C(=O)NCCOc2ccccc2F)cc1. The Morgan fingerprint density at radius 3 is 2.25 bits per heavy atom. The Hall–Kier alpha value is -3.59. The predicted octanol–water partition coefficient (Wildman–Crippen LogP) is 3.47. The Kier molecular flexibility index (Phi) is 7.32. The van der Waals surface area contributed by atoms with E-state index in [1.165, 1.54) is 50.6 Å². The van der Waals surface area contributed by atoms with Gasteiger partial charge in [-0.15, -0.1) is 0 Å². The lowest BCUT2D eigenvalue weighted by atomic mass is 10.2. The molecule has 3 aromatic rings. The van der Waals surface area contributed by atoms with E-state index in [1.54, 1.807) is 36.4 Å². The molecule has 3 rings (SSSR count). The number of nitrogens with one attached hydrogen (secondary N) is 1. The van der Waals surface area contributed by atoms with Gasteiger partial charge in [0.15, 0.2) is 11.6 Å². The third-order valence-corrected chi connectivity index (χ3v) is 6.47. The Morgan fingerprint density at radius 2 is 1.59 bits per heavy atom. The number of rotatable bonds is 9. The molecule has 0 fully saturated rings. The van der Waals surface area contributed by atoms with Crippen molar-refractivity contribution in [2.45, 2.75) is 4.90 Å². The topological polar surface area (TPSA) is 84.9 Å². The van der Waals surface area contributed by atoms with E-state index in [0.29, 0.717) is 11.4 Å². The quantitative estimate of drug-likeness (QED) is 0.497. The highest BCUT2D eigenvalue weighted by Crippen LogP contribution is 2.30. The number of amides is 1. The Bertz CT molecular complexity index is 1180. The number of ether oxygens (including phenoxy) is 2. The van der Waals surface area contributed by atoms with E-state index in [9.17, 15) is 17.6 Å². The van der Waals surface area contributed by atoms with Crippen LogP contribution in [0.3, 0.4) is 0 Å². The number of carbonyl (C=O) groups excluding carboxylic acids is 1. The molecule has 0 spiro atoms. The molecule has 0 aliphatic carbocycles. The van der Waals surface area contributed by atoms with Crippen LogP contribution in [0.5, 0.6) is 11.5 Å². The summed E-state index contributed by atoms with van der Waals surface area (Å²) < 4.78 is 51.1. The Morgan fingerprint density at radius 1 is 0.969 bits per heavy atom. The molecular weight excluding hydrogens is 435 g/mol. The largest absolute Gasteiger partial charge is 0.495 e. The molecular formula is C23H23FN2O5S. The molecule has 0 aromatic heterocycles. The van der Waals surface area contributed by atoms with E-state index in [2.05, 4.69) is 5.32 Å². The maximum atomic E-state index is 13.5. The summed E-state index contributed by atoms with van der Waals surface area (Å²) in [6.07, 6.45) is 0. The zero-order valence-electron chi connectivity index (χ0n) is 17.6. The summed E-state index contributed by atoms with van der Waals surface area (Å²) >= 11 is 0. The molecule has 3 aromatic carbocycles. The van der Waals surface area contributed by atoms with Gasteiger partial charge in [-0.05, 0) is 48.5 Å². The molecule has 168 valence electrons. The number of anilines is 1. The molecule has 0 radical (unpaired) electrons. The molecule has 0 aliphatic rings. The van der Waals surface area contributed by atoms with E-state index in [1.807, 2.05) is 0 Å². The van der Waals surface area contributed by atoms with Crippen LogP contribution in [0.1, 0.15) is 10.4 Å². The van der Waals surface area contributed by atoms with Gasteiger partial charge in [-0.3, -0.25) is 9.10 Å². The van der Waals surface area contributed by atoms with Gasteiger partial charge in [0.25, 0.3) is 15.9 Å². The normalized spacial score (nSPS) is 11.0. The second kappa shape index (κ2) is 10.1. The summed E-state index contributed by atoms with van der Waals surface area (Å²) in [5.41, 5.74) is 0.682. The Balaban J connectivity index is 1.62. The molecule has 1 amide bonds. The van der Waals surface area contributed by atoms with Crippen molar-refractivity contribution in [1.82, 2.24) is 5.32 Å². The number of halogens is 1. The monoisotopic (exact) mass is 458 g/mol. The molecule has 0 saturated heterocycles. The van der Waals surface area contributed by atoms with Gasteiger partial charge in [0.05, 0.1) is 24.2 Å². The average Bonchev–Trinajstić information content (AvgIpc) is 2.82. The van der Waals surface area contributed by atoms with Gasteiger partial charge in [0.2, 0.25) is 0 Å². The first-order valence-corrected chi connectivity index (χ1v) is 11.2. The summed E-state index contributed by atoms with van der Waals surface area (Å²) in [5.74, 6) is -0.347. The van der Waals surface area contributed by atoms with Crippen LogP contribution in [0.2, 0.25) is 0 Å². The number of hydrogen-bond acceptors (Lipinski definition) is 5. The van der Waals surface area contributed by atoms with Crippen molar-refractivity contribution in [2.24, 2.45) is 0 Å². The number of benzene rings is 3. The number of hydrogen-bond donors (Lipinski definition) is 1. The molecule has 0 saturated carbocycles. The Labute approximate surface area is 186 Å². The molecule has 32 heavy (non-hydrogen) atoms. The van der Waals surface area contributed by atoms with Crippen molar-refractivity contribution in [3.63, 3.8) is 0 Å². The van der Waals surface area contributed by atoms with Gasteiger partial charge in [-0.25, -0.2) is 12.8 Å². The zero-order chi connectivity index (χ0) is 23.1. The highest BCUT2D eigenvalue weighted by Gasteiger charge is 2.23. The van der Waals surface area contributed by atoms with Gasteiger partial charge in [0, 0.05) is 12.6 Å². The second-order valence-electron chi connectivity index (χ2n) is 6.70. The first-order chi connectivity index (χ1) is 15.3. The number of para-hydroxylation sites is 3. The molecule has 0 unspecified atom stereocenters. The standard InChI is InChI=1S/C23H23FN2O5S/c1-26(20-8-4-6-10-22(20)30-2)32(28,29)18-13-11-17(12-14-18)23(27)25-15-16-31-21-9-5-3-7-19(21)24/h3-14H,15-16H2,1-2H3,(H,25,27). The fourth-order valence-electron chi connectivity index (χ4n) is 2.95. The minimum atomic E-state index is -3.86. The molecule has 9 heteroatoms. The van der Waals surface area contributed by atoms with Crippen LogP contribution in [0.4, 0.5) is 10.1 Å². The number of methoxy groups -OCH3 is 1. The lowest BCUT2D eigenvalue weighted by molar-refractivity contribution is 0.0946. The van der Waals surface area contributed by atoms with Gasteiger partial charge in [0.1, 0.15) is 12.4 Å². The molecule has 1 N–H and O–H groups in total. The van der Waals surface area contributed by atoms with Crippen molar-refractivity contribution in [1.29, 1.82) is 0 Å². The third kappa shape index (κ3) is 5.17. The van der Waals surface area contributed by atoms with Crippen molar-refractivity contribution in [3.8, 4) is 11.5 Å². The van der Waals surface area contributed by atoms with Crippen LogP contribution in [0.15, 0.2) is 77.7 Å². The van der Waals surface area contributed by atoms with Crippen LogP contribution in [0.25, 0.3) is 0 Å². The van der Waals surface area contributed by atoms with Gasteiger partial charge in [-0.2, -0.15) is 0 Å². The smallest absolute Gasteiger partial charge is 0.264 e. The fraction of sp³-hybridized carbons (Fsp3) is 0.174. The second-order valence-corrected chi connectivity index (χ2v) is 8.67. The highest BCUT2D eigenvalue weighted by molar-refractivity contribution is 7.92. The summed E-state index contributed by atoms with van der Waals surface area (Å²) in [6, 6.07) is 18.4. The summed E-state index contributed by atoms with van der Waals surface area (Å²) in [6.45, 7) is 0.243. The predicted molar refractivity (Wildman–Crippen MR) is 119 cm³/mol. The molecule has 0 atom stereocenters. The first kappa shape index (κ1) is 23.1. The van der Waals surface area contributed by atoms with E-state index in [4.69, 9.17) is 9.47 Å². The van der Waals surface area contributed by atoms with Crippen molar-refractivity contribution in [3.05, 3.63) is 84.2 Å². The average molecular weight is 459 g/mol. The zero-order valence-corrected chi connectivity index (χ0v) is 18.4. The highest BCUT2D eigenvalue weighted by atomic mass is 32.2. The van der Waals surface area contributed by atoms with E-state index in [-0.39, 0.29) is 29.4 Å². The van der Waals surface area contributed by atoms with Crippen LogP contribution in [-0.4, -0.2) is 41.6 Å². The summed E-state index contributed by atoms with van der Waals surface area (Å²) in [4.78, 5) is 12.3. The molecule has 7 nitrogen and oxygen atoms in total. The van der Waals surface area contributed by atoms with Gasteiger partial charge >= 0.3 is 0 Å². The molecule has 0 bridgehead atoms. The van der Waals surface area contributed by atoms with Gasteiger partial charge < -0.3 is 14.8 Å². The number of sulfonamides is 1. The maximum absolute atomic E-state index is 13.5. The van der Waals surface area contributed by atoms with E-state index in [0.717, 1.165) is 4.31 Å². The molecule has 0 aliphatic heterocycles. The van der Waals surface area contributed by atoms with Crippen LogP contribution < -0.4 is 19.1 Å². The van der Waals surface area contributed by atoms with Crippen LogP contribution in [0, 0.1) is 5.82 Å². The van der Waals surface area contributed by atoms with Crippen LogP contribution >= 0.6 is 0 Å². The minimum absolute atomic E-state index is 0.0327. The molecule has 0 heterocycles. The number of carbonyl (C=O) groups is 1. The van der Waals surface area contributed by atoms with Crippen molar-refractivity contribution < 1.29 is 27.1 Å². The maximum Gasteiger partial charge on any atom is 0.264 e. The van der Waals surface area contributed by atoms with Crippen molar-refractivity contribution >= 4 is 21.6 Å². The van der Waals surface area contributed by atoms with E-state index >= 15 is 0 Å². The number of nitrogens with zero attached hydrogens (tertiary/aromatic N) is 1. The lowest BCUT2D eigenvalue weighted by Gasteiger charge is -2.21. The summed E-state index contributed by atoms with van der Waals surface area (Å²) in [7, 11) is -0.956. The van der Waals surface area contributed by atoms with E-state index < -0.39 is 21.7 Å². The minimum Gasteiger partial charge on any atom is -0.495 e. The van der Waals surface area contributed by atoms with Crippen LogP contribution in [-0.2, 0) is 10.0 Å². The summed E-state index contributed by atoms with van der Waals surface area (Å²) in [5, 5.41) is 2.65. The first-order valence-electron chi connectivity index (χ1n) is 9.72. The van der Waals surface area contributed by atoms with Gasteiger partial charge in [-0.1, -0.05) is 24.3 Å².